The number of benzene rings is 2. The van der Waals surface area contributed by atoms with Gasteiger partial charge >= 0.3 is 5.97 Å². The van der Waals surface area contributed by atoms with Gasteiger partial charge in [0.15, 0.2) is 0 Å². The van der Waals surface area contributed by atoms with Gasteiger partial charge in [0.2, 0.25) is 0 Å². The zero-order chi connectivity index (χ0) is 16.8. The van der Waals surface area contributed by atoms with Crippen molar-refractivity contribution >= 4 is 29.2 Å². The number of para-hydroxylation sites is 1. The van der Waals surface area contributed by atoms with Gasteiger partial charge in [-0.15, -0.1) is 0 Å². The lowest BCUT2D eigenvalue weighted by Gasteiger charge is -2.14. The minimum absolute atomic E-state index is 0.292. The summed E-state index contributed by atoms with van der Waals surface area (Å²) in [4.78, 5) is 11.5. The Morgan fingerprint density at radius 3 is 2.61 bits per heavy atom. The first kappa shape index (κ1) is 17.6. The molecule has 122 valence electrons. The Kier molecular flexibility index (Phi) is 6.28. The maximum Gasteiger partial charge on any atom is 0.322 e. The predicted molar refractivity (Wildman–Crippen MR) is 90.9 cm³/mol. The molecule has 2 aromatic rings. The normalized spacial score (nSPS) is 11.8. The highest BCUT2D eigenvalue weighted by molar-refractivity contribution is 6.35. The monoisotopic (exact) mass is 353 g/mol. The Labute approximate surface area is 145 Å². The Morgan fingerprint density at radius 1 is 1.17 bits per heavy atom. The number of rotatable bonds is 6. The summed E-state index contributed by atoms with van der Waals surface area (Å²) in [7, 11) is 1.31. The van der Waals surface area contributed by atoms with Gasteiger partial charge in [-0.05, 0) is 23.8 Å². The van der Waals surface area contributed by atoms with Gasteiger partial charge < -0.3 is 15.2 Å². The molecular weight excluding hydrogens is 337 g/mol. The molecule has 0 aliphatic carbocycles. The quantitative estimate of drug-likeness (QED) is 0.805. The van der Waals surface area contributed by atoms with Crippen LogP contribution in [0.15, 0.2) is 42.5 Å². The third kappa shape index (κ3) is 4.86. The number of hydrogen-bond donors (Lipinski definition) is 1. The molecule has 0 fully saturated rings. The standard InChI is InChI=1S/C17H17Cl2NO3/c1-22-17(21)15(20)8-11-4-2-3-5-16(11)23-10-12-6-7-13(18)9-14(12)19/h2-7,9,15H,8,10,20H2,1H3. The first-order valence-corrected chi connectivity index (χ1v) is 7.75. The number of hydrogen-bond acceptors (Lipinski definition) is 4. The molecule has 0 radical (unpaired) electrons. The molecule has 1 atom stereocenters. The molecular formula is C17H17Cl2NO3. The molecule has 0 heterocycles. The first-order valence-electron chi connectivity index (χ1n) is 6.99. The zero-order valence-corrected chi connectivity index (χ0v) is 14.1. The van der Waals surface area contributed by atoms with E-state index >= 15 is 0 Å². The van der Waals surface area contributed by atoms with E-state index in [4.69, 9.17) is 33.7 Å². The van der Waals surface area contributed by atoms with Gasteiger partial charge in [-0.25, -0.2) is 0 Å². The van der Waals surface area contributed by atoms with Gasteiger partial charge in [-0.1, -0.05) is 47.5 Å². The molecule has 0 saturated heterocycles. The second-order valence-electron chi connectivity index (χ2n) is 4.97. The predicted octanol–water partition coefficient (Wildman–Crippen LogP) is 3.62. The highest BCUT2D eigenvalue weighted by Crippen LogP contribution is 2.25. The highest BCUT2D eigenvalue weighted by Gasteiger charge is 2.16. The largest absolute Gasteiger partial charge is 0.489 e. The molecule has 2 rings (SSSR count). The van der Waals surface area contributed by atoms with Crippen LogP contribution in [0.1, 0.15) is 11.1 Å². The molecule has 1 unspecified atom stereocenters. The SMILES string of the molecule is COC(=O)C(N)Cc1ccccc1OCc1ccc(Cl)cc1Cl. The van der Waals surface area contributed by atoms with Gasteiger partial charge in [0.25, 0.3) is 0 Å². The van der Waals surface area contributed by atoms with Crippen molar-refractivity contribution in [2.75, 3.05) is 7.11 Å². The van der Waals surface area contributed by atoms with Crippen molar-refractivity contribution in [3.05, 3.63) is 63.6 Å². The van der Waals surface area contributed by atoms with E-state index < -0.39 is 12.0 Å². The summed E-state index contributed by atoms with van der Waals surface area (Å²) in [6.45, 7) is 0.292. The number of esters is 1. The second-order valence-corrected chi connectivity index (χ2v) is 5.81. The van der Waals surface area contributed by atoms with Gasteiger partial charge in [-0.3, -0.25) is 4.79 Å². The van der Waals surface area contributed by atoms with Crippen LogP contribution in [0.3, 0.4) is 0 Å². The van der Waals surface area contributed by atoms with E-state index in [0.29, 0.717) is 28.8 Å². The molecule has 0 saturated carbocycles. The maximum atomic E-state index is 11.5. The first-order chi connectivity index (χ1) is 11.0. The number of carbonyl (C=O) groups excluding carboxylic acids is 1. The fourth-order valence-corrected chi connectivity index (χ4v) is 2.54. The lowest BCUT2D eigenvalue weighted by molar-refractivity contribution is -0.142. The van der Waals surface area contributed by atoms with Crippen LogP contribution in [0.2, 0.25) is 10.0 Å². The van der Waals surface area contributed by atoms with Crippen LogP contribution in [0.4, 0.5) is 0 Å². The molecule has 0 amide bonds. The van der Waals surface area contributed by atoms with E-state index in [2.05, 4.69) is 4.74 Å². The van der Waals surface area contributed by atoms with Crippen LogP contribution in [-0.2, 0) is 22.6 Å². The smallest absolute Gasteiger partial charge is 0.322 e. The topological polar surface area (TPSA) is 61.5 Å². The summed E-state index contributed by atoms with van der Waals surface area (Å²) in [6, 6.07) is 11.9. The van der Waals surface area contributed by atoms with Crippen molar-refractivity contribution in [1.29, 1.82) is 0 Å². The second kappa shape index (κ2) is 8.20. The van der Waals surface area contributed by atoms with Crippen LogP contribution >= 0.6 is 23.2 Å². The summed E-state index contributed by atoms with van der Waals surface area (Å²) in [5.74, 6) is 0.193. The molecule has 0 spiro atoms. The van der Waals surface area contributed by atoms with Gasteiger partial charge in [0.05, 0.1) is 7.11 Å². The van der Waals surface area contributed by atoms with Crippen LogP contribution < -0.4 is 10.5 Å². The number of ether oxygens (including phenoxy) is 2. The summed E-state index contributed by atoms with van der Waals surface area (Å²) < 4.78 is 10.5. The van der Waals surface area contributed by atoms with E-state index in [1.807, 2.05) is 30.3 Å². The molecule has 4 nitrogen and oxygen atoms in total. The molecule has 2 N–H and O–H groups in total. The Bertz CT molecular complexity index is 691. The van der Waals surface area contributed by atoms with Gasteiger partial charge in [-0.2, -0.15) is 0 Å². The van der Waals surface area contributed by atoms with Crippen LogP contribution in [0, 0.1) is 0 Å². The third-order valence-corrected chi connectivity index (χ3v) is 3.90. The van der Waals surface area contributed by atoms with Crippen molar-refractivity contribution < 1.29 is 14.3 Å². The molecule has 6 heteroatoms. The number of nitrogens with two attached hydrogens (primary N) is 1. The molecule has 2 aromatic carbocycles. The molecule has 0 aliphatic heterocycles. The number of halogens is 2. The van der Waals surface area contributed by atoms with E-state index in [0.717, 1.165) is 11.1 Å². The van der Waals surface area contributed by atoms with Gasteiger partial charge in [0.1, 0.15) is 18.4 Å². The number of methoxy groups -OCH3 is 1. The lowest BCUT2D eigenvalue weighted by atomic mass is 10.1. The third-order valence-electron chi connectivity index (χ3n) is 3.31. The summed E-state index contributed by atoms with van der Waals surface area (Å²) >= 11 is 12.0. The lowest BCUT2D eigenvalue weighted by Crippen LogP contribution is -2.33. The molecule has 0 aliphatic rings. The zero-order valence-electron chi connectivity index (χ0n) is 12.6. The van der Waals surface area contributed by atoms with Crippen molar-refractivity contribution in [2.45, 2.75) is 19.1 Å². The summed E-state index contributed by atoms with van der Waals surface area (Å²) in [5, 5.41) is 1.12. The van der Waals surface area contributed by atoms with E-state index in [1.54, 1.807) is 12.1 Å². The Morgan fingerprint density at radius 2 is 1.91 bits per heavy atom. The van der Waals surface area contributed by atoms with Crippen molar-refractivity contribution in [2.24, 2.45) is 5.73 Å². The summed E-state index contributed by atoms with van der Waals surface area (Å²) in [6.07, 6.45) is 0.331. The fourth-order valence-electron chi connectivity index (χ4n) is 2.08. The molecule has 0 bridgehead atoms. The van der Waals surface area contributed by atoms with Crippen molar-refractivity contribution in [3.8, 4) is 5.75 Å². The Hall–Kier alpha value is -1.75. The number of carbonyl (C=O) groups is 1. The molecule has 23 heavy (non-hydrogen) atoms. The molecule has 0 aromatic heterocycles. The van der Waals surface area contributed by atoms with Crippen LogP contribution in [-0.4, -0.2) is 19.1 Å². The van der Waals surface area contributed by atoms with E-state index in [-0.39, 0.29) is 0 Å². The highest BCUT2D eigenvalue weighted by atomic mass is 35.5. The average Bonchev–Trinajstić information content (AvgIpc) is 2.54. The van der Waals surface area contributed by atoms with E-state index in [9.17, 15) is 4.79 Å². The Balaban J connectivity index is 2.09. The average molecular weight is 354 g/mol. The van der Waals surface area contributed by atoms with Gasteiger partial charge in [0, 0.05) is 22.0 Å². The fraction of sp³-hybridized carbons (Fsp3) is 0.235. The van der Waals surface area contributed by atoms with Crippen LogP contribution in [0.25, 0.3) is 0 Å². The van der Waals surface area contributed by atoms with Crippen molar-refractivity contribution in [1.82, 2.24) is 0 Å². The minimum Gasteiger partial charge on any atom is -0.489 e. The van der Waals surface area contributed by atoms with Crippen LogP contribution in [0.5, 0.6) is 5.75 Å². The summed E-state index contributed by atoms with van der Waals surface area (Å²) in [5.41, 5.74) is 7.46. The van der Waals surface area contributed by atoms with Crippen molar-refractivity contribution in [3.63, 3.8) is 0 Å². The van der Waals surface area contributed by atoms with E-state index in [1.165, 1.54) is 7.11 Å². The maximum absolute atomic E-state index is 11.5. The minimum atomic E-state index is -0.733.